The van der Waals surface area contributed by atoms with Gasteiger partial charge in [0.05, 0.1) is 22.5 Å². The molecular weight excluding hydrogens is 410 g/mol. The van der Waals surface area contributed by atoms with Gasteiger partial charge in [-0.1, -0.05) is 43.5 Å². The molecule has 6 nitrogen and oxygen atoms in total. The van der Waals surface area contributed by atoms with Gasteiger partial charge in [-0.25, -0.2) is 18.2 Å². The predicted octanol–water partition coefficient (Wildman–Crippen LogP) is 4.07. The molecule has 1 fully saturated rings. The Morgan fingerprint density at radius 3 is 2.59 bits per heavy atom. The number of fused-ring (bicyclic) bond motifs is 2. The zero-order chi connectivity index (χ0) is 20.6. The molecule has 0 unspecified atom stereocenters. The molecule has 1 aromatic heterocycles. The average molecular weight is 434 g/mol. The second-order valence-electron chi connectivity index (χ2n) is 7.80. The Bertz CT molecular complexity index is 1030. The van der Waals surface area contributed by atoms with Crippen LogP contribution in [0.4, 0.5) is 10.5 Å². The van der Waals surface area contributed by atoms with Crippen molar-refractivity contribution in [2.75, 3.05) is 17.2 Å². The first-order valence-corrected chi connectivity index (χ1v) is 11.9. The summed E-state index contributed by atoms with van der Waals surface area (Å²) in [6.45, 7) is 2.59. The number of hydrogen-bond acceptors (Lipinski definition) is 4. The Kier molecular flexibility index (Phi) is 5.29. The Morgan fingerprint density at radius 1 is 1.24 bits per heavy atom. The number of aromatic nitrogens is 1. The van der Waals surface area contributed by atoms with E-state index in [0.717, 1.165) is 42.5 Å². The fraction of sp³-hybridized carbons (Fsp3) is 0.429. The first kappa shape index (κ1) is 20.2. The minimum absolute atomic E-state index is 0.0184. The van der Waals surface area contributed by atoms with Crippen LogP contribution in [0.1, 0.15) is 43.7 Å². The lowest BCUT2D eigenvalue weighted by atomic mass is 9.81. The molecule has 2 aromatic rings. The highest BCUT2D eigenvalue weighted by atomic mass is 35.5. The number of sulfone groups is 1. The van der Waals surface area contributed by atoms with Crippen LogP contribution in [0.2, 0.25) is 5.15 Å². The van der Waals surface area contributed by atoms with Gasteiger partial charge in [-0.2, -0.15) is 0 Å². The number of carbonyl (C=O) groups is 1. The molecule has 0 saturated heterocycles. The van der Waals surface area contributed by atoms with E-state index in [0.29, 0.717) is 23.1 Å². The van der Waals surface area contributed by atoms with E-state index in [-0.39, 0.29) is 17.2 Å². The molecule has 0 bridgehead atoms. The van der Waals surface area contributed by atoms with Gasteiger partial charge in [0.1, 0.15) is 5.15 Å². The standard InChI is InChI=1S/C21H24ClN3O3S/c1-2-29(27,28)16-7-5-15(6-8-16)12-24-20(26)25-14-21(9-3-4-10-21)17-11-19(22)23-13-18(17)25/h5-8,11,13H,2-4,9-10,12,14H2,1H3,(H,24,26). The predicted molar refractivity (Wildman–Crippen MR) is 113 cm³/mol. The summed E-state index contributed by atoms with van der Waals surface area (Å²) >= 11 is 6.14. The van der Waals surface area contributed by atoms with Crippen LogP contribution in [0.15, 0.2) is 41.4 Å². The summed E-state index contributed by atoms with van der Waals surface area (Å²) < 4.78 is 23.8. The van der Waals surface area contributed by atoms with Gasteiger partial charge in [0.15, 0.2) is 9.84 Å². The lowest BCUT2D eigenvalue weighted by Crippen LogP contribution is -2.41. The quantitative estimate of drug-likeness (QED) is 0.737. The molecule has 2 aliphatic rings. The lowest BCUT2D eigenvalue weighted by molar-refractivity contribution is 0.245. The molecule has 1 aromatic carbocycles. The Balaban J connectivity index is 1.48. The molecule has 0 radical (unpaired) electrons. The van der Waals surface area contributed by atoms with E-state index in [1.165, 1.54) is 0 Å². The summed E-state index contributed by atoms with van der Waals surface area (Å²) in [6.07, 6.45) is 6.10. The van der Waals surface area contributed by atoms with E-state index < -0.39 is 9.84 Å². The number of carbonyl (C=O) groups excluding carboxylic acids is 1. The summed E-state index contributed by atoms with van der Waals surface area (Å²) in [4.78, 5) is 19.2. The first-order valence-electron chi connectivity index (χ1n) is 9.88. The molecular formula is C21H24ClN3O3S. The second kappa shape index (κ2) is 7.61. The van der Waals surface area contributed by atoms with Crippen LogP contribution >= 0.6 is 11.6 Å². The van der Waals surface area contributed by atoms with Crippen molar-refractivity contribution in [1.82, 2.24) is 10.3 Å². The Labute approximate surface area is 176 Å². The molecule has 2 amide bonds. The molecule has 1 saturated carbocycles. The van der Waals surface area contributed by atoms with Gasteiger partial charge < -0.3 is 5.32 Å². The highest BCUT2D eigenvalue weighted by Gasteiger charge is 2.46. The number of urea groups is 1. The SMILES string of the molecule is CCS(=O)(=O)c1ccc(CNC(=O)N2CC3(CCCC3)c3cc(Cl)ncc32)cc1. The third kappa shape index (κ3) is 3.73. The van der Waals surface area contributed by atoms with Gasteiger partial charge >= 0.3 is 6.03 Å². The summed E-state index contributed by atoms with van der Waals surface area (Å²) in [7, 11) is -3.22. The highest BCUT2D eigenvalue weighted by molar-refractivity contribution is 7.91. The van der Waals surface area contributed by atoms with Gasteiger partial charge in [-0.3, -0.25) is 4.90 Å². The Morgan fingerprint density at radius 2 is 1.93 bits per heavy atom. The molecule has 154 valence electrons. The largest absolute Gasteiger partial charge is 0.334 e. The van der Waals surface area contributed by atoms with Crippen molar-refractivity contribution in [2.24, 2.45) is 0 Å². The summed E-state index contributed by atoms with van der Waals surface area (Å²) in [5.74, 6) is 0.0667. The fourth-order valence-electron chi connectivity index (χ4n) is 4.45. The van der Waals surface area contributed by atoms with E-state index in [4.69, 9.17) is 11.6 Å². The number of halogens is 1. The molecule has 4 rings (SSSR count). The maximum atomic E-state index is 12.9. The Hall–Kier alpha value is -2.12. The molecule has 8 heteroatoms. The number of hydrogen-bond donors (Lipinski definition) is 1. The molecule has 29 heavy (non-hydrogen) atoms. The molecule has 1 N–H and O–H groups in total. The van der Waals surface area contributed by atoms with Crippen LogP contribution in [-0.4, -0.2) is 31.7 Å². The van der Waals surface area contributed by atoms with Crippen LogP contribution in [0.25, 0.3) is 0 Å². The fourth-order valence-corrected chi connectivity index (χ4v) is 5.49. The lowest BCUT2D eigenvalue weighted by Gasteiger charge is -2.24. The van der Waals surface area contributed by atoms with E-state index in [1.807, 2.05) is 6.07 Å². The van der Waals surface area contributed by atoms with Crippen molar-refractivity contribution in [3.63, 3.8) is 0 Å². The zero-order valence-corrected chi connectivity index (χ0v) is 17.9. The smallest absolute Gasteiger partial charge is 0.322 e. The van der Waals surface area contributed by atoms with Crippen molar-refractivity contribution >= 4 is 33.2 Å². The van der Waals surface area contributed by atoms with Crippen LogP contribution in [0.5, 0.6) is 0 Å². The van der Waals surface area contributed by atoms with E-state index in [2.05, 4.69) is 10.3 Å². The van der Waals surface area contributed by atoms with Crippen LogP contribution in [0.3, 0.4) is 0 Å². The van der Waals surface area contributed by atoms with Crippen molar-refractivity contribution < 1.29 is 13.2 Å². The number of rotatable bonds is 4. The highest BCUT2D eigenvalue weighted by Crippen LogP contribution is 2.50. The van der Waals surface area contributed by atoms with Gasteiger partial charge in [-0.15, -0.1) is 0 Å². The minimum Gasteiger partial charge on any atom is -0.334 e. The summed E-state index contributed by atoms with van der Waals surface area (Å²) in [5.41, 5.74) is 2.78. The van der Waals surface area contributed by atoms with Crippen molar-refractivity contribution in [2.45, 2.75) is 49.5 Å². The topological polar surface area (TPSA) is 79.4 Å². The number of anilines is 1. The minimum atomic E-state index is -3.22. The van der Waals surface area contributed by atoms with Crippen LogP contribution < -0.4 is 10.2 Å². The van der Waals surface area contributed by atoms with Crippen LogP contribution in [0, 0.1) is 0 Å². The third-order valence-electron chi connectivity index (χ3n) is 6.08. The van der Waals surface area contributed by atoms with Crippen LogP contribution in [-0.2, 0) is 21.8 Å². The van der Waals surface area contributed by atoms with Crippen molar-refractivity contribution in [3.8, 4) is 0 Å². The maximum absolute atomic E-state index is 12.9. The third-order valence-corrected chi connectivity index (χ3v) is 8.04. The zero-order valence-electron chi connectivity index (χ0n) is 16.3. The summed E-state index contributed by atoms with van der Waals surface area (Å²) in [5, 5.41) is 3.41. The van der Waals surface area contributed by atoms with E-state index in [9.17, 15) is 13.2 Å². The van der Waals surface area contributed by atoms with E-state index >= 15 is 0 Å². The van der Waals surface area contributed by atoms with Gasteiger partial charge in [0.2, 0.25) is 0 Å². The van der Waals surface area contributed by atoms with Gasteiger partial charge in [-0.05, 0) is 42.2 Å². The number of amides is 2. The molecule has 2 heterocycles. The number of benzene rings is 1. The van der Waals surface area contributed by atoms with E-state index in [1.54, 1.807) is 42.3 Å². The van der Waals surface area contributed by atoms with Crippen molar-refractivity contribution in [1.29, 1.82) is 0 Å². The summed E-state index contributed by atoms with van der Waals surface area (Å²) in [6, 6.07) is 8.38. The molecule has 0 atom stereocenters. The monoisotopic (exact) mass is 433 g/mol. The normalized spacial score (nSPS) is 17.5. The number of nitrogens with one attached hydrogen (secondary N) is 1. The first-order chi connectivity index (χ1) is 13.8. The van der Waals surface area contributed by atoms with Gasteiger partial charge in [0.25, 0.3) is 0 Å². The molecule has 1 spiro atoms. The number of pyridine rings is 1. The number of nitrogens with zero attached hydrogens (tertiary/aromatic N) is 2. The average Bonchev–Trinajstić information content (AvgIpc) is 3.32. The maximum Gasteiger partial charge on any atom is 0.322 e. The molecule has 1 aliphatic carbocycles. The second-order valence-corrected chi connectivity index (χ2v) is 10.5. The van der Waals surface area contributed by atoms with Gasteiger partial charge in [0, 0.05) is 18.5 Å². The molecule has 1 aliphatic heterocycles. The van der Waals surface area contributed by atoms with Crippen molar-refractivity contribution in [3.05, 3.63) is 52.8 Å².